The molecule has 0 unspecified atom stereocenters. The second-order valence-corrected chi connectivity index (χ2v) is 5.55. The van der Waals surface area contributed by atoms with Crippen molar-refractivity contribution in [2.24, 2.45) is 0 Å². The molecule has 0 spiro atoms. The number of nitrogens with one attached hydrogen (secondary N) is 2. The second-order valence-electron chi connectivity index (χ2n) is 5.55. The van der Waals surface area contributed by atoms with Gasteiger partial charge in [0.1, 0.15) is 11.5 Å². The molecule has 3 aromatic rings. The number of ether oxygens (including phenoxy) is 2. The van der Waals surface area contributed by atoms with Crippen LogP contribution >= 0.6 is 0 Å². The number of aromatic nitrogens is 3. The summed E-state index contributed by atoms with van der Waals surface area (Å²) >= 11 is 0. The molecule has 7 nitrogen and oxygen atoms in total. The monoisotopic (exact) mass is 351 g/mol. The van der Waals surface area contributed by atoms with Gasteiger partial charge in [-0.05, 0) is 48.4 Å². The number of rotatable bonds is 8. The topological polar surface area (TPSA) is 81.2 Å². The lowest BCUT2D eigenvalue weighted by molar-refractivity contribution is 0.414. The molecule has 26 heavy (non-hydrogen) atoms. The minimum Gasteiger partial charge on any atom is -0.497 e. The van der Waals surface area contributed by atoms with Gasteiger partial charge < -0.3 is 20.1 Å². The van der Waals surface area contributed by atoms with E-state index in [4.69, 9.17) is 9.47 Å². The summed E-state index contributed by atoms with van der Waals surface area (Å²) in [7, 11) is 3.30. The zero-order valence-corrected chi connectivity index (χ0v) is 14.8. The first-order chi connectivity index (χ1) is 12.8. The molecule has 1 heterocycles. The third-order valence-corrected chi connectivity index (χ3v) is 3.75. The smallest absolute Gasteiger partial charge is 0.244 e. The normalized spacial score (nSPS) is 10.2. The molecular formula is C19H21N5O2. The van der Waals surface area contributed by atoms with Gasteiger partial charge in [-0.15, -0.1) is 5.10 Å². The Kier molecular flexibility index (Phi) is 5.82. The van der Waals surface area contributed by atoms with Crippen molar-refractivity contribution in [3.05, 3.63) is 60.3 Å². The molecule has 0 bridgehead atoms. The summed E-state index contributed by atoms with van der Waals surface area (Å²) in [6.07, 6.45) is 2.41. The molecule has 0 saturated carbocycles. The van der Waals surface area contributed by atoms with Crippen LogP contribution in [0.5, 0.6) is 11.5 Å². The number of hydrogen-bond acceptors (Lipinski definition) is 7. The van der Waals surface area contributed by atoms with Gasteiger partial charge in [-0.25, -0.2) is 0 Å². The first-order valence-electron chi connectivity index (χ1n) is 8.24. The van der Waals surface area contributed by atoms with Crippen LogP contribution in [0, 0.1) is 0 Å². The van der Waals surface area contributed by atoms with Crippen molar-refractivity contribution in [3.8, 4) is 11.5 Å². The molecule has 0 saturated heterocycles. The Morgan fingerprint density at radius 3 is 2.54 bits per heavy atom. The van der Waals surface area contributed by atoms with Crippen molar-refractivity contribution in [3.63, 3.8) is 0 Å². The van der Waals surface area contributed by atoms with E-state index in [1.165, 1.54) is 5.56 Å². The van der Waals surface area contributed by atoms with E-state index >= 15 is 0 Å². The highest BCUT2D eigenvalue weighted by molar-refractivity contribution is 5.57. The Bertz CT molecular complexity index is 839. The van der Waals surface area contributed by atoms with Crippen LogP contribution in [-0.4, -0.2) is 35.9 Å². The molecular weight excluding hydrogens is 330 g/mol. The van der Waals surface area contributed by atoms with Gasteiger partial charge in [-0.2, -0.15) is 10.1 Å². The van der Waals surface area contributed by atoms with Crippen LogP contribution in [0.3, 0.4) is 0 Å². The van der Waals surface area contributed by atoms with Gasteiger partial charge >= 0.3 is 0 Å². The van der Waals surface area contributed by atoms with Crippen LogP contribution in [0.25, 0.3) is 0 Å². The SMILES string of the molecule is COc1ccc(Nc2cnnc(NCCc3cccc(OC)c3)n2)cc1. The van der Waals surface area contributed by atoms with E-state index in [2.05, 4.69) is 31.9 Å². The van der Waals surface area contributed by atoms with E-state index in [1.54, 1.807) is 20.4 Å². The van der Waals surface area contributed by atoms with Crippen LogP contribution < -0.4 is 20.1 Å². The van der Waals surface area contributed by atoms with Crippen molar-refractivity contribution in [2.45, 2.75) is 6.42 Å². The van der Waals surface area contributed by atoms with Crippen LogP contribution in [0.2, 0.25) is 0 Å². The summed E-state index contributed by atoms with van der Waals surface area (Å²) in [5, 5.41) is 14.4. The number of nitrogens with zero attached hydrogens (tertiary/aromatic N) is 3. The molecule has 0 aliphatic carbocycles. The average Bonchev–Trinajstić information content (AvgIpc) is 2.69. The Hall–Kier alpha value is -3.35. The number of hydrogen-bond donors (Lipinski definition) is 2. The molecule has 3 rings (SSSR count). The fourth-order valence-corrected chi connectivity index (χ4v) is 2.41. The van der Waals surface area contributed by atoms with E-state index in [-0.39, 0.29) is 0 Å². The number of methoxy groups -OCH3 is 2. The largest absolute Gasteiger partial charge is 0.497 e. The molecule has 2 aromatic carbocycles. The van der Waals surface area contributed by atoms with Gasteiger partial charge in [0.05, 0.1) is 20.4 Å². The maximum Gasteiger partial charge on any atom is 0.244 e. The molecule has 0 aliphatic rings. The molecule has 0 radical (unpaired) electrons. The quantitative estimate of drug-likeness (QED) is 0.644. The van der Waals surface area contributed by atoms with Crippen LogP contribution in [0.15, 0.2) is 54.7 Å². The minimum atomic E-state index is 0.478. The predicted molar refractivity (Wildman–Crippen MR) is 101 cm³/mol. The van der Waals surface area contributed by atoms with E-state index < -0.39 is 0 Å². The molecule has 0 amide bonds. The third-order valence-electron chi connectivity index (χ3n) is 3.75. The van der Waals surface area contributed by atoms with Crippen molar-refractivity contribution < 1.29 is 9.47 Å². The Morgan fingerprint density at radius 1 is 0.962 bits per heavy atom. The summed E-state index contributed by atoms with van der Waals surface area (Å²) in [5.74, 6) is 2.75. The van der Waals surface area contributed by atoms with E-state index in [0.717, 1.165) is 23.6 Å². The first-order valence-corrected chi connectivity index (χ1v) is 8.24. The molecule has 0 aliphatic heterocycles. The zero-order valence-electron chi connectivity index (χ0n) is 14.8. The lowest BCUT2D eigenvalue weighted by atomic mass is 10.1. The highest BCUT2D eigenvalue weighted by Crippen LogP contribution is 2.18. The molecule has 2 N–H and O–H groups in total. The van der Waals surface area contributed by atoms with E-state index in [9.17, 15) is 0 Å². The highest BCUT2D eigenvalue weighted by Gasteiger charge is 2.02. The minimum absolute atomic E-state index is 0.478. The Balaban J connectivity index is 1.56. The average molecular weight is 351 g/mol. The lowest BCUT2D eigenvalue weighted by Gasteiger charge is -2.09. The lowest BCUT2D eigenvalue weighted by Crippen LogP contribution is -2.09. The second kappa shape index (κ2) is 8.66. The van der Waals surface area contributed by atoms with Gasteiger partial charge in [-0.1, -0.05) is 12.1 Å². The molecule has 134 valence electrons. The van der Waals surface area contributed by atoms with Gasteiger partial charge in [0.15, 0.2) is 5.82 Å². The van der Waals surface area contributed by atoms with Gasteiger partial charge in [0.25, 0.3) is 0 Å². The maximum atomic E-state index is 5.24. The summed E-state index contributed by atoms with van der Waals surface area (Å²) < 4.78 is 10.4. The summed E-state index contributed by atoms with van der Waals surface area (Å²) in [4.78, 5) is 4.42. The summed E-state index contributed by atoms with van der Waals surface area (Å²) in [5.41, 5.74) is 2.07. The first kappa shape index (κ1) is 17.5. The van der Waals surface area contributed by atoms with Crippen LogP contribution in [0.4, 0.5) is 17.5 Å². The molecule has 0 atom stereocenters. The maximum absolute atomic E-state index is 5.24. The fourth-order valence-electron chi connectivity index (χ4n) is 2.41. The summed E-state index contributed by atoms with van der Waals surface area (Å²) in [6, 6.07) is 15.6. The zero-order chi connectivity index (χ0) is 18.2. The van der Waals surface area contributed by atoms with Crippen LogP contribution in [-0.2, 0) is 6.42 Å². The van der Waals surface area contributed by atoms with Crippen molar-refractivity contribution >= 4 is 17.5 Å². The molecule has 7 heteroatoms. The Morgan fingerprint density at radius 2 is 1.77 bits per heavy atom. The van der Waals surface area contributed by atoms with Gasteiger partial charge in [-0.3, -0.25) is 0 Å². The van der Waals surface area contributed by atoms with Crippen molar-refractivity contribution in [1.29, 1.82) is 0 Å². The predicted octanol–water partition coefficient (Wildman–Crippen LogP) is 3.29. The van der Waals surface area contributed by atoms with E-state index in [0.29, 0.717) is 18.3 Å². The van der Waals surface area contributed by atoms with Crippen LogP contribution in [0.1, 0.15) is 5.56 Å². The van der Waals surface area contributed by atoms with Gasteiger partial charge in [0, 0.05) is 12.2 Å². The fraction of sp³-hybridized carbons (Fsp3) is 0.211. The molecule has 0 fully saturated rings. The van der Waals surface area contributed by atoms with Crippen molar-refractivity contribution in [1.82, 2.24) is 15.2 Å². The number of benzene rings is 2. The van der Waals surface area contributed by atoms with E-state index in [1.807, 2.05) is 42.5 Å². The standard InChI is InChI=1S/C19H21N5O2/c1-25-16-8-6-15(7-9-16)22-18-13-21-24-19(23-18)20-11-10-14-4-3-5-17(12-14)26-2/h3-9,12-13H,10-11H2,1-2H3,(H2,20,22,23,24). The molecule has 1 aromatic heterocycles. The highest BCUT2D eigenvalue weighted by atomic mass is 16.5. The number of anilines is 3. The third kappa shape index (κ3) is 4.83. The Labute approximate surface area is 152 Å². The van der Waals surface area contributed by atoms with Crippen molar-refractivity contribution in [2.75, 3.05) is 31.4 Å². The van der Waals surface area contributed by atoms with Gasteiger partial charge in [0.2, 0.25) is 5.95 Å². The summed E-state index contributed by atoms with van der Waals surface area (Å²) in [6.45, 7) is 0.695.